The Morgan fingerprint density at radius 2 is 2.16 bits per heavy atom. The van der Waals surface area contributed by atoms with Crippen molar-refractivity contribution >= 4 is 5.97 Å². The van der Waals surface area contributed by atoms with Gasteiger partial charge in [-0.05, 0) is 13.3 Å². The Balaban J connectivity index is 2.83. The molecule has 0 saturated heterocycles. The number of aromatic nitrogens is 3. The molecule has 0 amide bonds. The van der Waals surface area contributed by atoms with E-state index in [1.807, 2.05) is 12.2 Å². The summed E-state index contributed by atoms with van der Waals surface area (Å²) >= 11 is 0. The molecular formula is C10H15F3N4O2. The van der Waals surface area contributed by atoms with Crippen LogP contribution in [0.3, 0.4) is 0 Å². The van der Waals surface area contributed by atoms with Crippen LogP contribution in [0.15, 0.2) is 6.33 Å². The second-order valence-electron chi connectivity index (χ2n) is 4.18. The molecule has 0 spiro atoms. The highest BCUT2D eigenvalue weighted by Gasteiger charge is 2.57. The van der Waals surface area contributed by atoms with Crippen molar-refractivity contribution in [3.05, 3.63) is 12.2 Å². The Morgan fingerprint density at radius 3 is 2.63 bits per heavy atom. The standard InChI is InChI=1S/C10H15F3N4O2/c1-3-4-17-7(14-6-16-17)5-15-9(2,8(18)19)10(11,12)13/h6,15H,3-5H2,1-2H3,(H,18,19). The third-order valence-electron chi connectivity index (χ3n) is 2.73. The highest BCUT2D eigenvalue weighted by Crippen LogP contribution is 2.30. The van der Waals surface area contributed by atoms with E-state index in [4.69, 9.17) is 5.11 Å². The molecule has 0 aromatic carbocycles. The lowest BCUT2D eigenvalue weighted by Crippen LogP contribution is -2.60. The van der Waals surface area contributed by atoms with E-state index in [1.54, 1.807) is 0 Å². The van der Waals surface area contributed by atoms with Crippen molar-refractivity contribution in [3.63, 3.8) is 0 Å². The van der Waals surface area contributed by atoms with Crippen LogP contribution < -0.4 is 5.32 Å². The van der Waals surface area contributed by atoms with Gasteiger partial charge >= 0.3 is 12.1 Å². The van der Waals surface area contributed by atoms with Gasteiger partial charge in [0, 0.05) is 6.54 Å². The Hall–Kier alpha value is -1.64. The molecule has 1 aromatic rings. The summed E-state index contributed by atoms with van der Waals surface area (Å²) in [5.74, 6) is -1.72. The van der Waals surface area contributed by atoms with Gasteiger partial charge in [0.05, 0.1) is 6.54 Å². The first-order valence-electron chi connectivity index (χ1n) is 5.64. The van der Waals surface area contributed by atoms with Gasteiger partial charge < -0.3 is 5.11 Å². The van der Waals surface area contributed by atoms with Crippen LogP contribution in [0.2, 0.25) is 0 Å². The van der Waals surface area contributed by atoms with E-state index in [1.165, 1.54) is 11.0 Å². The summed E-state index contributed by atoms with van der Waals surface area (Å²) in [6, 6.07) is 0. The van der Waals surface area contributed by atoms with Crippen molar-refractivity contribution in [2.24, 2.45) is 0 Å². The van der Waals surface area contributed by atoms with E-state index in [9.17, 15) is 18.0 Å². The Kier molecular flexibility index (Phi) is 4.51. The Morgan fingerprint density at radius 1 is 1.53 bits per heavy atom. The average Bonchev–Trinajstić information content (AvgIpc) is 2.72. The summed E-state index contributed by atoms with van der Waals surface area (Å²) in [4.78, 5) is 14.6. The molecule has 1 rings (SSSR count). The number of nitrogens with one attached hydrogen (secondary N) is 1. The second-order valence-corrected chi connectivity index (χ2v) is 4.18. The molecule has 1 heterocycles. The maximum atomic E-state index is 12.7. The topological polar surface area (TPSA) is 80.0 Å². The number of alkyl halides is 3. The van der Waals surface area contributed by atoms with Crippen LogP contribution in [0.5, 0.6) is 0 Å². The number of nitrogens with zero attached hydrogens (tertiary/aromatic N) is 3. The zero-order valence-corrected chi connectivity index (χ0v) is 10.5. The first-order chi connectivity index (χ1) is 8.72. The molecule has 1 unspecified atom stereocenters. The summed E-state index contributed by atoms with van der Waals surface area (Å²) in [5, 5.41) is 14.6. The largest absolute Gasteiger partial charge is 0.480 e. The molecule has 9 heteroatoms. The molecular weight excluding hydrogens is 265 g/mol. The Labute approximate surface area is 107 Å². The van der Waals surface area contributed by atoms with Crippen molar-refractivity contribution in [1.29, 1.82) is 0 Å². The van der Waals surface area contributed by atoms with Gasteiger partial charge in [0.15, 0.2) is 0 Å². The van der Waals surface area contributed by atoms with Crippen molar-refractivity contribution in [1.82, 2.24) is 20.1 Å². The third kappa shape index (κ3) is 3.22. The minimum Gasteiger partial charge on any atom is -0.480 e. The van der Waals surface area contributed by atoms with E-state index >= 15 is 0 Å². The van der Waals surface area contributed by atoms with Gasteiger partial charge in [-0.25, -0.2) is 14.5 Å². The van der Waals surface area contributed by atoms with E-state index in [0.29, 0.717) is 13.5 Å². The summed E-state index contributed by atoms with van der Waals surface area (Å²) in [6.45, 7) is 2.64. The highest BCUT2D eigenvalue weighted by molar-refractivity contribution is 5.79. The molecule has 0 aliphatic heterocycles. The van der Waals surface area contributed by atoms with Gasteiger partial charge in [-0.15, -0.1) is 0 Å². The molecule has 19 heavy (non-hydrogen) atoms. The van der Waals surface area contributed by atoms with Crippen LogP contribution in [-0.2, 0) is 17.9 Å². The van der Waals surface area contributed by atoms with Crippen LogP contribution in [-0.4, -0.2) is 37.6 Å². The monoisotopic (exact) mass is 280 g/mol. The van der Waals surface area contributed by atoms with Gasteiger partial charge in [0.1, 0.15) is 12.2 Å². The maximum Gasteiger partial charge on any atom is 0.417 e. The molecule has 108 valence electrons. The third-order valence-corrected chi connectivity index (χ3v) is 2.73. The van der Waals surface area contributed by atoms with Crippen molar-refractivity contribution in [2.45, 2.75) is 45.1 Å². The van der Waals surface area contributed by atoms with Gasteiger partial charge in [0.2, 0.25) is 5.54 Å². The zero-order chi connectivity index (χ0) is 14.7. The summed E-state index contributed by atoms with van der Waals surface area (Å²) in [5.41, 5.74) is -3.02. The number of halogens is 3. The summed E-state index contributed by atoms with van der Waals surface area (Å²) in [7, 11) is 0. The molecule has 0 aliphatic carbocycles. The van der Waals surface area contributed by atoms with E-state index in [0.717, 1.165) is 6.42 Å². The minimum absolute atomic E-state index is 0.263. The summed E-state index contributed by atoms with van der Waals surface area (Å²) < 4.78 is 39.7. The molecule has 2 N–H and O–H groups in total. The number of carbonyl (C=O) groups is 1. The quantitative estimate of drug-likeness (QED) is 0.818. The molecule has 0 aliphatic rings. The molecule has 6 nitrogen and oxygen atoms in total. The van der Waals surface area contributed by atoms with Crippen molar-refractivity contribution < 1.29 is 23.1 Å². The zero-order valence-electron chi connectivity index (χ0n) is 10.5. The first-order valence-corrected chi connectivity index (χ1v) is 5.64. The lowest BCUT2D eigenvalue weighted by Gasteiger charge is -2.28. The van der Waals surface area contributed by atoms with Crippen LogP contribution in [0.25, 0.3) is 0 Å². The number of hydrogen-bond acceptors (Lipinski definition) is 4. The number of hydrogen-bond donors (Lipinski definition) is 2. The van der Waals surface area contributed by atoms with Gasteiger partial charge in [0.25, 0.3) is 0 Å². The lowest BCUT2D eigenvalue weighted by molar-refractivity contribution is -0.206. The van der Waals surface area contributed by atoms with Crippen molar-refractivity contribution in [3.8, 4) is 0 Å². The lowest BCUT2D eigenvalue weighted by atomic mass is 10.0. The van der Waals surface area contributed by atoms with Gasteiger partial charge in [-0.3, -0.25) is 5.32 Å². The maximum absolute atomic E-state index is 12.7. The highest BCUT2D eigenvalue weighted by atomic mass is 19.4. The fraction of sp³-hybridized carbons (Fsp3) is 0.700. The number of rotatable bonds is 6. The normalized spacial score (nSPS) is 15.2. The number of aliphatic carboxylic acids is 1. The predicted octanol–water partition coefficient (Wildman–Crippen LogP) is 1.18. The average molecular weight is 280 g/mol. The van der Waals surface area contributed by atoms with E-state index in [2.05, 4.69) is 10.1 Å². The van der Waals surface area contributed by atoms with Crippen molar-refractivity contribution in [2.75, 3.05) is 0 Å². The van der Waals surface area contributed by atoms with Crippen LogP contribution in [0.1, 0.15) is 26.1 Å². The van der Waals surface area contributed by atoms with Gasteiger partial charge in [-0.2, -0.15) is 18.3 Å². The van der Waals surface area contributed by atoms with Crippen LogP contribution in [0, 0.1) is 0 Å². The Bertz CT molecular complexity index is 446. The molecule has 0 fully saturated rings. The number of carboxylic acids is 1. The first kappa shape index (κ1) is 15.4. The van der Waals surface area contributed by atoms with Crippen LogP contribution in [0.4, 0.5) is 13.2 Å². The fourth-order valence-corrected chi connectivity index (χ4v) is 1.38. The minimum atomic E-state index is -4.91. The molecule has 1 aromatic heterocycles. The predicted molar refractivity (Wildman–Crippen MR) is 59.2 cm³/mol. The summed E-state index contributed by atoms with van der Waals surface area (Å²) in [6.07, 6.45) is -2.95. The van der Waals surface area contributed by atoms with Crippen LogP contribution >= 0.6 is 0 Å². The molecule has 1 atom stereocenters. The SMILES string of the molecule is CCCn1ncnc1CNC(C)(C(=O)O)C(F)(F)F. The molecule has 0 radical (unpaired) electrons. The number of aryl methyl sites for hydroxylation is 1. The smallest absolute Gasteiger partial charge is 0.417 e. The molecule has 0 bridgehead atoms. The van der Waals surface area contributed by atoms with Gasteiger partial charge in [-0.1, -0.05) is 6.92 Å². The number of carboxylic acid groups (broad SMARTS) is 1. The van der Waals surface area contributed by atoms with E-state index in [-0.39, 0.29) is 12.4 Å². The molecule has 0 saturated carbocycles. The van der Waals surface area contributed by atoms with E-state index < -0.39 is 17.7 Å². The fourth-order valence-electron chi connectivity index (χ4n) is 1.38. The second kappa shape index (κ2) is 5.55.